The standard InChI is InChI=1S/2C14H15.C3H6Si.2ClH.Hf/c2*1-2-10-8-12-4-3-5-13(11-6-7-11)14(12)9-10;1-2-4-3-1;;;/h2*3-5,8-9,11H,2,6-7H2,1H3;1-3H2;2*1H;/q;;;;;+2/p-2. The minimum absolute atomic E-state index is 0. The molecule has 2 saturated carbocycles. The van der Waals surface area contributed by atoms with Crippen LogP contribution in [-0.2, 0) is 20.1 Å². The summed E-state index contributed by atoms with van der Waals surface area (Å²) in [5, 5.41) is 0. The van der Waals surface area contributed by atoms with Crippen molar-refractivity contribution in [2.24, 2.45) is 0 Å². The molecule has 3 fully saturated rings. The second kappa shape index (κ2) is 10.4. The first-order chi connectivity index (χ1) is 16.3. The van der Waals surface area contributed by atoms with Crippen molar-refractivity contribution in [3.63, 3.8) is 0 Å². The van der Waals surface area contributed by atoms with Crippen LogP contribution in [0.2, 0.25) is 12.1 Å². The van der Waals surface area contributed by atoms with Crippen LogP contribution in [0.15, 0.2) is 47.5 Å². The predicted octanol–water partition coefficient (Wildman–Crippen LogP) is 2.86. The largest absolute Gasteiger partial charge is 1.00 e. The molecule has 182 valence electrons. The van der Waals surface area contributed by atoms with E-state index >= 15 is 0 Å². The third-order valence-electron chi connectivity index (χ3n) is 9.21. The van der Waals surface area contributed by atoms with E-state index in [1.807, 2.05) is 11.1 Å². The summed E-state index contributed by atoms with van der Waals surface area (Å²) in [6, 6.07) is 18.2. The van der Waals surface area contributed by atoms with E-state index in [-0.39, 0.29) is 30.3 Å². The van der Waals surface area contributed by atoms with Gasteiger partial charge in [-0.3, -0.25) is 0 Å². The van der Waals surface area contributed by atoms with Crippen molar-refractivity contribution in [3.05, 3.63) is 80.9 Å². The summed E-state index contributed by atoms with van der Waals surface area (Å²) >= 11 is -2.08. The predicted molar refractivity (Wildman–Crippen MR) is 139 cm³/mol. The molecule has 35 heavy (non-hydrogen) atoms. The summed E-state index contributed by atoms with van der Waals surface area (Å²) < 4.78 is 1.75. The van der Waals surface area contributed by atoms with Gasteiger partial charge < -0.3 is 24.8 Å². The average molecular weight is 686 g/mol. The van der Waals surface area contributed by atoms with Crippen LogP contribution < -0.4 is 24.8 Å². The normalized spacial score (nSPS) is 23.6. The number of benzene rings is 2. The van der Waals surface area contributed by atoms with E-state index in [1.165, 1.54) is 44.9 Å². The molecule has 0 nitrogen and oxygen atoms in total. The molecule has 2 atom stereocenters. The molecule has 0 radical (unpaired) electrons. The number of hydrogen-bond donors (Lipinski definition) is 0. The van der Waals surface area contributed by atoms with E-state index < -0.39 is 20.1 Å². The Morgan fingerprint density at radius 2 is 1.11 bits per heavy atom. The van der Waals surface area contributed by atoms with Crippen LogP contribution in [0.4, 0.5) is 0 Å². The van der Waals surface area contributed by atoms with E-state index in [0.29, 0.717) is 0 Å². The van der Waals surface area contributed by atoms with E-state index in [2.05, 4.69) is 62.4 Å². The third kappa shape index (κ3) is 4.37. The van der Waals surface area contributed by atoms with E-state index in [4.69, 9.17) is 0 Å². The zero-order chi connectivity index (χ0) is 22.1. The smallest absolute Gasteiger partial charge is 1.00 e. The SMILES string of the molecule is CCC1=Cc2c(C3CC3)cccc2[CH]1[Hf+2]([CH]1C(CC)=Cc2c(C3CC3)cccc21)=[Si]1CCC1.[Cl-].[Cl-]. The Balaban J connectivity index is 0.00000127. The number of hydrogen-bond acceptors (Lipinski definition) is 0. The Kier molecular flexibility index (Phi) is 7.78. The van der Waals surface area contributed by atoms with Gasteiger partial charge in [0.05, 0.1) is 0 Å². The fourth-order valence-electron chi connectivity index (χ4n) is 7.04. The van der Waals surface area contributed by atoms with Gasteiger partial charge in [0.15, 0.2) is 0 Å². The summed E-state index contributed by atoms with van der Waals surface area (Å²) in [7, 11) is 0. The average Bonchev–Trinajstić information content (AvgIpc) is 3.73. The summed E-state index contributed by atoms with van der Waals surface area (Å²) in [6.45, 7) is 4.90. The number of fused-ring (bicyclic) bond motifs is 2. The van der Waals surface area contributed by atoms with Gasteiger partial charge in [-0.05, 0) is 0 Å². The molecule has 7 rings (SSSR count). The number of halogens is 2. The van der Waals surface area contributed by atoms with Crippen LogP contribution in [0.3, 0.4) is 0 Å². The molecule has 4 heteroatoms. The van der Waals surface area contributed by atoms with Crippen LogP contribution in [-0.4, -0.2) is 5.49 Å². The fraction of sp³-hybridized carbons (Fsp3) is 0.484. The van der Waals surface area contributed by atoms with Crippen molar-refractivity contribution in [3.8, 4) is 0 Å². The van der Waals surface area contributed by atoms with E-state index in [9.17, 15) is 0 Å². The van der Waals surface area contributed by atoms with Crippen molar-refractivity contribution in [2.45, 2.75) is 90.1 Å². The quantitative estimate of drug-likeness (QED) is 0.411. The van der Waals surface area contributed by atoms with Gasteiger partial charge in [-0.1, -0.05) is 0 Å². The molecule has 0 amide bonds. The molecule has 0 bridgehead atoms. The third-order valence-corrected chi connectivity index (χ3v) is 40.2. The molecule has 1 heterocycles. The van der Waals surface area contributed by atoms with Crippen LogP contribution in [0.25, 0.3) is 12.2 Å². The van der Waals surface area contributed by atoms with Gasteiger partial charge in [0, 0.05) is 0 Å². The Morgan fingerprint density at radius 1 is 0.686 bits per heavy atom. The van der Waals surface area contributed by atoms with Gasteiger partial charge >= 0.3 is 209 Å². The molecule has 4 aliphatic carbocycles. The van der Waals surface area contributed by atoms with E-state index in [1.54, 1.807) is 45.5 Å². The van der Waals surface area contributed by atoms with Gasteiger partial charge in [0.25, 0.3) is 0 Å². The Labute approximate surface area is 232 Å². The molecular formula is C31H36Cl2HfSi. The van der Waals surface area contributed by atoms with Crippen molar-refractivity contribution in [1.29, 1.82) is 0 Å². The maximum absolute atomic E-state index is 2.71. The van der Waals surface area contributed by atoms with Crippen LogP contribution >= 0.6 is 0 Å². The molecule has 2 aromatic rings. The summed E-state index contributed by atoms with van der Waals surface area (Å²) in [4.78, 5) is 0. The van der Waals surface area contributed by atoms with Gasteiger partial charge in [-0.25, -0.2) is 0 Å². The number of allylic oxidation sites excluding steroid dienone is 2. The second-order valence-corrected chi connectivity index (χ2v) is 33.1. The fourth-order valence-corrected chi connectivity index (χ4v) is 43.9. The zero-order valence-corrected chi connectivity index (χ0v) is 27.2. The van der Waals surface area contributed by atoms with Crippen LogP contribution in [0.1, 0.15) is 111 Å². The molecule has 1 aliphatic heterocycles. The molecule has 0 aromatic heterocycles. The second-order valence-electron chi connectivity index (χ2n) is 11.2. The van der Waals surface area contributed by atoms with Crippen LogP contribution in [0, 0.1) is 0 Å². The first-order valence-corrected chi connectivity index (χ1v) is 25.1. The first kappa shape index (κ1) is 26.2. The van der Waals surface area contributed by atoms with Gasteiger partial charge in [-0.2, -0.15) is 0 Å². The van der Waals surface area contributed by atoms with Gasteiger partial charge in [0.2, 0.25) is 0 Å². The molecule has 2 aromatic carbocycles. The molecule has 1 saturated heterocycles. The van der Waals surface area contributed by atoms with Gasteiger partial charge in [0.1, 0.15) is 0 Å². The molecule has 0 N–H and O–H groups in total. The maximum atomic E-state index is 2.71. The number of rotatable bonds is 6. The van der Waals surface area contributed by atoms with Crippen molar-refractivity contribution in [1.82, 2.24) is 0 Å². The molecule has 0 spiro atoms. The minimum atomic E-state index is -2.08. The molecule has 2 unspecified atom stereocenters. The van der Waals surface area contributed by atoms with Crippen molar-refractivity contribution < 1.29 is 44.9 Å². The molecular weight excluding hydrogens is 650 g/mol. The van der Waals surface area contributed by atoms with Crippen molar-refractivity contribution >= 4 is 17.6 Å². The van der Waals surface area contributed by atoms with Gasteiger partial charge in [-0.15, -0.1) is 0 Å². The summed E-state index contributed by atoms with van der Waals surface area (Å²) in [5.41, 5.74) is 13.9. The Bertz CT molecular complexity index is 1160. The Morgan fingerprint density at radius 3 is 1.46 bits per heavy atom. The van der Waals surface area contributed by atoms with Crippen LogP contribution in [0.5, 0.6) is 0 Å². The first-order valence-electron chi connectivity index (χ1n) is 13.7. The minimum Gasteiger partial charge on any atom is -1.00 e. The monoisotopic (exact) mass is 686 g/mol. The summed E-state index contributed by atoms with van der Waals surface area (Å²) in [5.74, 6) is 1.72. The van der Waals surface area contributed by atoms with Crippen molar-refractivity contribution in [2.75, 3.05) is 0 Å². The summed E-state index contributed by atoms with van der Waals surface area (Å²) in [6.07, 6.45) is 15.2. The molecule has 5 aliphatic rings. The zero-order valence-electron chi connectivity index (χ0n) is 21.0. The Hall–Kier alpha value is -0.413. The van der Waals surface area contributed by atoms with E-state index in [0.717, 1.165) is 19.2 Å². The maximum Gasteiger partial charge on any atom is -1.00 e. The topological polar surface area (TPSA) is 0 Å².